The van der Waals surface area contributed by atoms with Crippen LogP contribution < -0.4 is 0 Å². The normalized spacial score (nSPS) is 23.4. The first-order valence-electron chi connectivity index (χ1n) is 7.34. The van der Waals surface area contributed by atoms with Gasteiger partial charge in [0.1, 0.15) is 0 Å². The Hall–Kier alpha value is -0.950. The van der Waals surface area contributed by atoms with E-state index in [2.05, 4.69) is 48.9 Å². The van der Waals surface area contributed by atoms with Gasteiger partial charge in [0.15, 0.2) is 4.96 Å². The molecule has 0 N–H and O–H groups in total. The zero-order chi connectivity index (χ0) is 13.5. The lowest BCUT2D eigenvalue weighted by atomic mass is 10.1. The lowest BCUT2D eigenvalue weighted by molar-refractivity contribution is 0.00495. The first-order chi connectivity index (χ1) is 9.78. The van der Waals surface area contributed by atoms with Crippen molar-refractivity contribution < 1.29 is 0 Å². The molecule has 2 aromatic rings. The molecule has 2 saturated heterocycles. The van der Waals surface area contributed by atoms with Crippen molar-refractivity contribution in [3.05, 3.63) is 23.5 Å². The molecule has 0 saturated carbocycles. The predicted molar refractivity (Wildman–Crippen MR) is 81.2 cm³/mol. The van der Waals surface area contributed by atoms with E-state index in [-0.39, 0.29) is 0 Å². The van der Waals surface area contributed by atoms with Crippen LogP contribution in [0.25, 0.3) is 4.96 Å². The lowest BCUT2D eigenvalue weighted by Gasteiger charge is -2.47. The Bertz CT molecular complexity index is 549. The number of likely N-dealkylation sites (N-methyl/N-ethyl adjacent to an activating group) is 1. The number of hydrogen-bond acceptors (Lipinski definition) is 5. The highest BCUT2D eigenvalue weighted by Crippen LogP contribution is 2.20. The molecule has 0 radical (unpaired) electrons. The number of nitrogens with zero attached hydrogens (tertiary/aromatic N) is 5. The molecule has 0 bridgehead atoms. The molecular weight excluding hydrogens is 270 g/mol. The zero-order valence-electron chi connectivity index (χ0n) is 11.9. The van der Waals surface area contributed by atoms with Gasteiger partial charge >= 0.3 is 0 Å². The van der Waals surface area contributed by atoms with Crippen molar-refractivity contribution in [3.8, 4) is 0 Å². The largest absolute Gasteiger partial charge is 0.304 e. The minimum atomic E-state index is 0.771. The molecule has 2 aliphatic heterocycles. The van der Waals surface area contributed by atoms with E-state index in [1.165, 1.54) is 45.0 Å². The topological polar surface area (TPSA) is 27.0 Å². The maximum atomic E-state index is 4.66. The molecule has 0 spiro atoms. The smallest absolute Gasteiger partial charge is 0.193 e. The fourth-order valence-electron chi connectivity index (χ4n) is 3.17. The molecule has 2 fully saturated rings. The second kappa shape index (κ2) is 5.11. The third kappa shape index (κ3) is 2.37. The number of thiazole rings is 1. The summed E-state index contributed by atoms with van der Waals surface area (Å²) in [6.45, 7) is 8.30. The zero-order valence-corrected chi connectivity index (χ0v) is 12.7. The Balaban J connectivity index is 1.29. The summed E-state index contributed by atoms with van der Waals surface area (Å²) in [5.74, 6) is 0. The van der Waals surface area contributed by atoms with Gasteiger partial charge in [-0.1, -0.05) is 0 Å². The van der Waals surface area contributed by atoms with Crippen molar-refractivity contribution in [1.82, 2.24) is 24.1 Å². The summed E-state index contributed by atoms with van der Waals surface area (Å²) in [4.78, 5) is 13.4. The van der Waals surface area contributed by atoms with Crippen LogP contribution in [0.2, 0.25) is 0 Å². The molecule has 4 rings (SSSR count). The molecule has 0 amide bonds. The molecule has 2 aliphatic rings. The summed E-state index contributed by atoms with van der Waals surface area (Å²) in [5.41, 5.74) is 1.20. The Labute approximate surface area is 123 Å². The van der Waals surface area contributed by atoms with Gasteiger partial charge in [-0.2, -0.15) is 0 Å². The third-order valence-corrected chi connectivity index (χ3v) is 5.29. The first-order valence-corrected chi connectivity index (χ1v) is 8.22. The Morgan fingerprint density at radius 1 is 1.25 bits per heavy atom. The molecule has 5 nitrogen and oxygen atoms in total. The summed E-state index contributed by atoms with van der Waals surface area (Å²) in [7, 11) is 2.22. The van der Waals surface area contributed by atoms with Crippen molar-refractivity contribution in [1.29, 1.82) is 0 Å². The van der Waals surface area contributed by atoms with E-state index in [1.54, 1.807) is 11.3 Å². The van der Waals surface area contributed by atoms with Gasteiger partial charge in [0, 0.05) is 69.6 Å². The Kier molecular flexibility index (Phi) is 3.26. The van der Waals surface area contributed by atoms with E-state index >= 15 is 0 Å². The highest BCUT2D eigenvalue weighted by molar-refractivity contribution is 7.15. The minimum Gasteiger partial charge on any atom is -0.304 e. The summed E-state index contributed by atoms with van der Waals surface area (Å²) in [6.07, 6.45) is 4.24. The summed E-state index contributed by atoms with van der Waals surface area (Å²) >= 11 is 1.70. The van der Waals surface area contributed by atoms with Gasteiger partial charge in [-0.05, 0) is 7.05 Å². The van der Waals surface area contributed by atoms with Gasteiger partial charge in [-0.15, -0.1) is 11.3 Å². The molecule has 4 heterocycles. The SMILES string of the molecule is CN1CCN(C2CN(Cc3cn4ccsc4n3)C2)CC1. The van der Waals surface area contributed by atoms with Gasteiger partial charge in [0.25, 0.3) is 0 Å². The molecule has 0 atom stereocenters. The standard InChI is InChI=1S/C14H21N5S/c1-16-2-4-18(5-3-16)13-10-17(11-13)8-12-9-19-6-7-20-14(19)15-12/h6-7,9,13H,2-5,8,10-11H2,1H3. The monoisotopic (exact) mass is 291 g/mol. The van der Waals surface area contributed by atoms with Gasteiger partial charge in [0.05, 0.1) is 5.69 Å². The van der Waals surface area contributed by atoms with Crippen molar-refractivity contribution in [3.63, 3.8) is 0 Å². The van der Waals surface area contributed by atoms with E-state index < -0.39 is 0 Å². The van der Waals surface area contributed by atoms with Crippen LogP contribution in [0.5, 0.6) is 0 Å². The van der Waals surface area contributed by atoms with E-state index in [4.69, 9.17) is 0 Å². The number of hydrogen-bond donors (Lipinski definition) is 0. The molecule has 0 aliphatic carbocycles. The number of imidazole rings is 1. The number of piperazine rings is 1. The van der Waals surface area contributed by atoms with Gasteiger partial charge < -0.3 is 4.90 Å². The van der Waals surface area contributed by atoms with Gasteiger partial charge in [-0.25, -0.2) is 4.98 Å². The van der Waals surface area contributed by atoms with Crippen LogP contribution in [0.4, 0.5) is 0 Å². The van der Waals surface area contributed by atoms with Crippen molar-refractivity contribution in [2.45, 2.75) is 12.6 Å². The maximum Gasteiger partial charge on any atom is 0.193 e. The Morgan fingerprint density at radius 3 is 2.80 bits per heavy atom. The number of rotatable bonds is 3. The van der Waals surface area contributed by atoms with Crippen LogP contribution in [0.1, 0.15) is 5.69 Å². The molecule has 6 heteroatoms. The van der Waals surface area contributed by atoms with Crippen LogP contribution in [-0.2, 0) is 6.54 Å². The minimum absolute atomic E-state index is 0.771. The van der Waals surface area contributed by atoms with Crippen LogP contribution in [0, 0.1) is 0 Å². The number of fused-ring (bicyclic) bond motifs is 1. The highest BCUT2D eigenvalue weighted by Gasteiger charge is 2.33. The summed E-state index contributed by atoms with van der Waals surface area (Å²) < 4.78 is 2.12. The predicted octanol–water partition coefficient (Wildman–Crippen LogP) is 0.827. The van der Waals surface area contributed by atoms with Gasteiger partial charge in [0.2, 0.25) is 0 Å². The van der Waals surface area contributed by atoms with Crippen molar-refractivity contribution in [2.24, 2.45) is 0 Å². The second-order valence-corrected chi connectivity index (χ2v) is 6.89. The Morgan fingerprint density at radius 2 is 2.05 bits per heavy atom. The fraction of sp³-hybridized carbons (Fsp3) is 0.643. The molecular formula is C14H21N5S. The molecule has 0 unspecified atom stereocenters. The summed E-state index contributed by atoms with van der Waals surface area (Å²) in [6, 6.07) is 0.771. The van der Waals surface area contributed by atoms with Crippen LogP contribution in [0.15, 0.2) is 17.8 Å². The molecule has 0 aromatic carbocycles. The first kappa shape index (κ1) is 12.8. The molecule has 108 valence electrons. The maximum absolute atomic E-state index is 4.66. The molecule has 20 heavy (non-hydrogen) atoms. The van der Waals surface area contributed by atoms with Crippen LogP contribution in [-0.4, -0.2) is 76.4 Å². The summed E-state index contributed by atoms with van der Waals surface area (Å²) in [5, 5.41) is 2.08. The number of likely N-dealkylation sites (tertiary alicyclic amines) is 1. The average molecular weight is 291 g/mol. The van der Waals surface area contributed by atoms with E-state index in [9.17, 15) is 0 Å². The fourth-order valence-corrected chi connectivity index (χ4v) is 3.89. The van der Waals surface area contributed by atoms with Crippen LogP contribution in [0.3, 0.4) is 0 Å². The van der Waals surface area contributed by atoms with Crippen molar-refractivity contribution in [2.75, 3.05) is 46.3 Å². The van der Waals surface area contributed by atoms with Crippen LogP contribution >= 0.6 is 11.3 Å². The van der Waals surface area contributed by atoms with E-state index in [0.717, 1.165) is 17.5 Å². The van der Waals surface area contributed by atoms with E-state index in [0.29, 0.717) is 0 Å². The van der Waals surface area contributed by atoms with E-state index in [1.807, 2.05) is 0 Å². The van der Waals surface area contributed by atoms with Gasteiger partial charge in [-0.3, -0.25) is 14.2 Å². The second-order valence-electron chi connectivity index (χ2n) is 6.01. The average Bonchev–Trinajstić information content (AvgIpc) is 2.95. The number of aromatic nitrogens is 2. The quantitative estimate of drug-likeness (QED) is 0.837. The lowest BCUT2D eigenvalue weighted by Crippen LogP contribution is -2.62. The van der Waals surface area contributed by atoms with Crippen molar-refractivity contribution >= 4 is 16.3 Å². The molecule has 2 aromatic heterocycles. The highest BCUT2D eigenvalue weighted by atomic mass is 32.1. The third-order valence-electron chi connectivity index (χ3n) is 4.52.